The number of halogens is 1. The quantitative estimate of drug-likeness (QED) is 0.790. The number of hydrogen-bond acceptors (Lipinski definition) is 3. The fourth-order valence-corrected chi connectivity index (χ4v) is 2.95. The zero-order valence-electron chi connectivity index (χ0n) is 13.4. The smallest absolute Gasteiger partial charge is 0.220 e. The maximum absolute atomic E-state index is 12.0. The van der Waals surface area contributed by atoms with Crippen molar-refractivity contribution in [3.05, 3.63) is 29.8 Å². The molecule has 3 N–H and O–H groups in total. The van der Waals surface area contributed by atoms with Crippen LogP contribution in [-0.4, -0.2) is 25.2 Å². The Bertz CT molecular complexity index is 479. The van der Waals surface area contributed by atoms with Gasteiger partial charge in [-0.3, -0.25) is 4.79 Å². The number of carbonyl (C=O) groups is 1. The third-order valence-electron chi connectivity index (χ3n) is 4.16. The molecule has 1 saturated heterocycles. The number of rotatable bonds is 6. The zero-order valence-corrected chi connectivity index (χ0v) is 14.2. The van der Waals surface area contributed by atoms with Crippen LogP contribution in [0.1, 0.15) is 32.3 Å². The molecule has 2 atom stereocenters. The fraction of sp³-hybridized carbons (Fsp3) is 0.588. The number of nitrogens with two attached hydrogens (primary N) is 1. The van der Waals surface area contributed by atoms with E-state index >= 15 is 0 Å². The van der Waals surface area contributed by atoms with Gasteiger partial charge in [0.2, 0.25) is 5.91 Å². The maximum atomic E-state index is 12.0. The minimum atomic E-state index is 0. The first-order valence-electron chi connectivity index (χ1n) is 7.79. The molecule has 2 rings (SSSR count). The zero-order chi connectivity index (χ0) is 15.2. The highest BCUT2D eigenvalue weighted by molar-refractivity contribution is 5.85. The van der Waals surface area contributed by atoms with Crippen LogP contribution in [0.4, 0.5) is 5.69 Å². The molecule has 1 heterocycles. The largest absolute Gasteiger partial charge is 0.399 e. The molecule has 4 nitrogen and oxygen atoms in total. The summed E-state index contributed by atoms with van der Waals surface area (Å²) in [5.74, 6) is 1.03. The number of amides is 1. The summed E-state index contributed by atoms with van der Waals surface area (Å²) in [5.41, 5.74) is 7.68. The molecule has 124 valence electrons. The highest BCUT2D eigenvalue weighted by Crippen LogP contribution is 2.26. The standard InChI is InChI=1S/C17H26N2O2.ClH/c1-12(2)17-14(9-10-21-17)11-19-16(20)8-7-13-5-3-4-6-15(13)18;/h3-6,12,14,17H,7-11,18H2,1-2H3,(H,19,20);1H. The number of carbonyl (C=O) groups excluding carboxylic acids is 1. The van der Waals surface area contributed by atoms with Crippen LogP contribution in [0.25, 0.3) is 0 Å². The summed E-state index contributed by atoms with van der Waals surface area (Å²) in [6.45, 7) is 5.86. The third-order valence-corrected chi connectivity index (χ3v) is 4.16. The molecule has 0 spiro atoms. The van der Waals surface area contributed by atoms with Crippen molar-refractivity contribution in [3.8, 4) is 0 Å². The molecule has 0 radical (unpaired) electrons. The second-order valence-electron chi connectivity index (χ2n) is 6.13. The highest BCUT2D eigenvalue weighted by atomic mass is 35.5. The van der Waals surface area contributed by atoms with Gasteiger partial charge in [0.15, 0.2) is 0 Å². The first kappa shape index (κ1) is 18.8. The summed E-state index contributed by atoms with van der Waals surface area (Å²) < 4.78 is 5.74. The lowest BCUT2D eigenvalue weighted by Gasteiger charge is -2.22. The summed E-state index contributed by atoms with van der Waals surface area (Å²) in [6.07, 6.45) is 2.48. The summed E-state index contributed by atoms with van der Waals surface area (Å²) in [7, 11) is 0. The van der Waals surface area contributed by atoms with Crippen molar-refractivity contribution in [1.29, 1.82) is 0 Å². The number of para-hydroxylation sites is 1. The number of nitrogens with one attached hydrogen (secondary N) is 1. The number of benzene rings is 1. The van der Waals surface area contributed by atoms with Gasteiger partial charge in [0.25, 0.3) is 0 Å². The lowest BCUT2D eigenvalue weighted by Crippen LogP contribution is -2.35. The second kappa shape index (κ2) is 9.01. The second-order valence-corrected chi connectivity index (χ2v) is 6.13. The first-order valence-corrected chi connectivity index (χ1v) is 7.79. The topological polar surface area (TPSA) is 64.3 Å². The Morgan fingerprint density at radius 2 is 2.14 bits per heavy atom. The van der Waals surface area contributed by atoms with Crippen molar-refractivity contribution in [2.45, 2.75) is 39.2 Å². The molecule has 1 aliphatic heterocycles. The molecule has 1 aromatic rings. The summed E-state index contributed by atoms with van der Waals surface area (Å²) >= 11 is 0. The highest BCUT2D eigenvalue weighted by Gasteiger charge is 2.30. The van der Waals surface area contributed by atoms with E-state index in [4.69, 9.17) is 10.5 Å². The van der Waals surface area contributed by atoms with Crippen LogP contribution >= 0.6 is 12.4 Å². The molecule has 22 heavy (non-hydrogen) atoms. The molecular formula is C17H27ClN2O2. The van der Waals surface area contributed by atoms with Crippen LogP contribution in [-0.2, 0) is 16.0 Å². The maximum Gasteiger partial charge on any atom is 0.220 e. The van der Waals surface area contributed by atoms with Crippen molar-refractivity contribution in [3.63, 3.8) is 0 Å². The molecular weight excluding hydrogens is 300 g/mol. The van der Waals surface area contributed by atoms with Gasteiger partial charge in [0.1, 0.15) is 0 Å². The Labute approximate surface area is 139 Å². The average molecular weight is 327 g/mol. The van der Waals surface area contributed by atoms with Crippen LogP contribution in [0.2, 0.25) is 0 Å². The van der Waals surface area contributed by atoms with Gasteiger partial charge in [-0.1, -0.05) is 32.0 Å². The van der Waals surface area contributed by atoms with Crippen molar-refractivity contribution in [2.75, 3.05) is 18.9 Å². The van der Waals surface area contributed by atoms with Gasteiger partial charge in [-0.15, -0.1) is 12.4 Å². The van der Waals surface area contributed by atoms with Crippen LogP contribution in [0.5, 0.6) is 0 Å². The molecule has 1 aliphatic rings. The van der Waals surface area contributed by atoms with E-state index in [1.807, 2.05) is 24.3 Å². The van der Waals surface area contributed by atoms with Gasteiger partial charge in [0, 0.05) is 31.2 Å². The van der Waals surface area contributed by atoms with E-state index < -0.39 is 0 Å². The molecule has 1 aromatic carbocycles. The minimum absolute atomic E-state index is 0. The van der Waals surface area contributed by atoms with Crippen LogP contribution in [0.15, 0.2) is 24.3 Å². The normalized spacial score (nSPS) is 20.7. The molecule has 0 aromatic heterocycles. The number of aryl methyl sites for hydroxylation is 1. The molecule has 5 heteroatoms. The van der Waals surface area contributed by atoms with E-state index in [1.54, 1.807) is 0 Å². The van der Waals surface area contributed by atoms with Gasteiger partial charge >= 0.3 is 0 Å². The Morgan fingerprint density at radius 1 is 1.41 bits per heavy atom. The number of anilines is 1. The van der Waals surface area contributed by atoms with Crippen LogP contribution in [0.3, 0.4) is 0 Å². The van der Waals surface area contributed by atoms with E-state index in [0.717, 1.165) is 24.3 Å². The number of ether oxygens (including phenoxy) is 1. The van der Waals surface area contributed by atoms with Gasteiger partial charge in [-0.2, -0.15) is 0 Å². The lowest BCUT2D eigenvalue weighted by molar-refractivity contribution is -0.121. The van der Waals surface area contributed by atoms with Gasteiger partial charge in [-0.05, 0) is 30.4 Å². The Kier molecular flexibility index (Phi) is 7.69. The summed E-state index contributed by atoms with van der Waals surface area (Å²) in [5, 5.41) is 3.04. The third kappa shape index (κ3) is 5.18. The average Bonchev–Trinajstić information content (AvgIpc) is 2.93. The molecule has 1 fully saturated rings. The SMILES string of the molecule is CC(C)C1OCCC1CNC(=O)CCc1ccccc1N.Cl. The van der Waals surface area contributed by atoms with Crippen LogP contribution < -0.4 is 11.1 Å². The Morgan fingerprint density at radius 3 is 2.82 bits per heavy atom. The van der Waals surface area contributed by atoms with E-state index in [0.29, 0.717) is 31.2 Å². The van der Waals surface area contributed by atoms with Crippen molar-refractivity contribution < 1.29 is 9.53 Å². The molecule has 1 amide bonds. The van der Waals surface area contributed by atoms with E-state index in [1.165, 1.54) is 0 Å². The fourth-order valence-electron chi connectivity index (χ4n) is 2.95. The molecule has 2 unspecified atom stereocenters. The Hall–Kier alpha value is -1.26. The van der Waals surface area contributed by atoms with E-state index in [2.05, 4.69) is 19.2 Å². The monoisotopic (exact) mass is 326 g/mol. The van der Waals surface area contributed by atoms with E-state index in [-0.39, 0.29) is 24.4 Å². The minimum Gasteiger partial charge on any atom is -0.399 e. The molecule has 0 aliphatic carbocycles. The number of hydrogen-bond donors (Lipinski definition) is 2. The molecule has 0 bridgehead atoms. The predicted molar refractivity (Wildman–Crippen MR) is 92.1 cm³/mol. The predicted octanol–water partition coefficient (Wildman–Crippen LogP) is 2.80. The Balaban J connectivity index is 0.00000242. The van der Waals surface area contributed by atoms with E-state index in [9.17, 15) is 4.79 Å². The van der Waals surface area contributed by atoms with Crippen molar-refractivity contribution >= 4 is 24.0 Å². The van der Waals surface area contributed by atoms with Crippen molar-refractivity contribution in [1.82, 2.24) is 5.32 Å². The summed E-state index contributed by atoms with van der Waals surface area (Å²) in [4.78, 5) is 12.0. The van der Waals surface area contributed by atoms with Crippen LogP contribution in [0, 0.1) is 11.8 Å². The number of nitrogen functional groups attached to an aromatic ring is 1. The lowest BCUT2D eigenvalue weighted by atomic mass is 9.93. The first-order chi connectivity index (χ1) is 10.1. The van der Waals surface area contributed by atoms with Gasteiger partial charge in [0.05, 0.1) is 6.10 Å². The van der Waals surface area contributed by atoms with Gasteiger partial charge in [-0.25, -0.2) is 0 Å². The molecule has 0 saturated carbocycles. The van der Waals surface area contributed by atoms with Crippen molar-refractivity contribution in [2.24, 2.45) is 11.8 Å². The summed E-state index contributed by atoms with van der Waals surface area (Å²) in [6, 6.07) is 7.70. The van der Waals surface area contributed by atoms with Gasteiger partial charge < -0.3 is 15.8 Å².